The van der Waals surface area contributed by atoms with Crippen molar-refractivity contribution in [3.8, 4) is 0 Å². The monoisotopic (exact) mass is 270 g/mol. The number of hydrogen-bond acceptors (Lipinski definition) is 1. The zero-order valence-corrected chi connectivity index (χ0v) is 12.0. The number of fused-ring (bicyclic) bond motifs is 1. The molecule has 2 N–H and O–H groups in total. The third-order valence-electron chi connectivity index (χ3n) is 4.53. The fraction of sp³-hybridized carbons (Fsp3) is 0.471. The average Bonchev–Trinajstić information content (AvgIpc) is 2.95. The van der Waals surface area contributed by atoms with Gasteiger partial charge in [-0.15, -0.1) is 0 Å². The van der Waals surface area contributed by atoms with Gasteiger partial charge in [-0.2, -0.15) is 0 Å². The largest absolute Gasteiger partial charge is 0.361 e. The van der Waals surface area contributed by atoms with Crippen molar-refractivity contribution in [3.63, 3.8) is 0 Å². The van der Waals surface area contributed by atoms with Crippen LogP contribution in [-0.4, -0.2) is 16.9 Å². The molecule has 0 aliphatic heterocycles. The molecule has 3 heteroatoms. The number of benzene rings is 1. The Hall–Kier alpha value is -1.77. The maximum atomic E-state index is 12.3. The predicted molar refractivity (Wildman–Crippen MR) is 81.8 cm³/mol. The summed E-state index contributed by atoms with van der Waals surface area (Å²) in [6.45, 7) is 2.14. The van der Waals surface area contributed by atoms with Crippen molar-refractivity contribution >= 4 is 16.8 Å². The number of amides is 1. The lowest BCUT2D eigenvalue weighted by atomic mass is 9.84. The quantitative estimate of drug-likeness (QED) is 0.873. The van der Waals surface area contributed by atoms with Crippen LogP contribution in [0, 0.1) is 5.92 Å². The van der Waals surface area contributed by atoms with Gasteiger partial charge in [0.15, 0.2) is 0 Å². The topological polar surface area (TPSA) is 44.9 Å². The summed E-state index contributed by atoms with van der Waals surface area (Å²) in [5.74, 6) is 0.690. The smallest absolute Gasteiger partial charge is 0.251 e. The Morgan fingerprint density at radius 1 is 1.25 bits per heavy atom. The molecular formula is C17H22N2O. The van der Waals surface area contributed by atoms with Crippen LogP contribution < -0.4 is 5.32 Å². The molecule has 1 atom stereocenters. The van der Waals surface area contributed by atoms with Crippen LogP contribution in [0.2, 0.25) is 0 Å². The van der Waals surface area contributed by atoms with Crippen LogP contribution in [0.15, 0.2) is 30.5 Å². The summed E-state index contributed by atoms with van der Waals surface area (Å²) in [7, 11) is 0. The van der Waals surface area contributed by atoms with Crippen LogP contribution in [0.5, 0.6) is 0 Å². The van der Waals surface area contributed by atoms with Crippen LogP contribution in [0.25, 0.3) is 10.9 Å². The highest BCUT2D eigenvalue weighted by Gasteiger charge is 2.21. The third-order valence-corrected chi connectivity index (χ3v) is 4.53. The second-order valence-electron chi connectivity index (χ2n) is 5.94. The van der Waals surface area contributed by atoms with E-state index in [2.05, 4.69) is 17.2 Å². The summed E-state index contributed by atoms with van der Waals surface area (Å²) in [5, 5.41) is 4.26. The van der Waals surface area contributed by atoms with Crippen molar-refractivity contribution in [1.82, 2.24) is 10.3 Å². The standard InChI is InChI=1S/C17H22N2O/c1-12(13-5-3-2-4-6-13)19-17(20)15-7-8-16-14(11-15)9-10-18-16/h7-13,18H,2-6H2,1H3,(H,19,20). The van der Waals surface area contributed by atoms with Gasteiger partial charge < -0.3 is 10.3 Å². The zero-order valence-electron chi connectivity index (χ0n) is 12.0. The maximum absolute atomic E-state index is 12.3. The van der Waals surface area contributed by atoms with E-state index in [0.29, 0.717) is 5.92 Å². The molecule has 1 aliphatic rings. The SMILES string of the molecule is CC(NC(=O)c1ccc2[nH]ccc2c1)C1CCCCC1. The van der Waals surface area contributed by atoms with Gasteiger partial charge in [0.25, 0.3) is 5.91 Å². The molecule has 0 spiro atoms. The van der Waals surface area contributed by atoms with Gasteiger partial charge in [0.1, 0.15) is 0 Å². The van der Waals surface area contributed by atoms with Gasteiger partial charge >= 0.3 is 0 Å². The highest BCUT2D eigenvalue weighted by atomic mass is 16.1. The normalized spacial score (nSPS) is 18.1. The molecule has 1 amide bonds. The van der Waals surface area contributed by atoms with Gasteiger partial charge in [-0.1, -0.05) is 19.3 Å². The molecule has 1 aromatic heterocycles. The number of aromatic amines is 1. The van der Waals surface area contributed by atoms with Crippen molar-refractivity contribution in [1.29, 1.82) is 0 Å². The van der Waals surface area contributed by atoms with Gasteiger partial charge in [-0.25, -0.2) is 0 Å². The summed E-state index contributed by atoms with van der Waals surface area (Å²) >= 11 is 0. The fourth-order valence-corrected chi connectivity index (χ4v) is 3.24. The Balaban J connectivity index is 1.68. The highest BCUT2D eigenvalue weighted by Crippen LogP contribution is 2.26. The molecule has 3 rings (SSSR count). The molecule has 1 aliphatic carbocycles. The van der Waals surface area contributed by atoms with Gasteiger partial charge in [-0.3, -0.25) is 4.79 Å². The third kappa shape index (κ3) is 2.72. The number of aromatic nitrogens is 1. The van der Waals surface area contributed by atoms with E-state index < -0.39 is 0 Å². The Bertz CT molecular complexity index is 596. The first-order valence-corrected chi connectivity index (χ1v) is 7.62. The van der Waals surface area contributed by atoms with Crippen molar-refractivity contribution in [2.24, 2.45) is 5.92 Å². The van der Waals surface area contributed by atoms with Crippen LogP contribution >= 0.6 is 0 Å². The van der Waals surface area contributed by atoms with E-state index in [1.165, 1.54) is 32.1 Å². The molecule has 1 unspecified atom stereocenters. The van der Waals surface area contributed by atoms with E-state index in [4.69, 9.17) is 0 Å². The number of carbonyl (C=O) groups excluding carboxylic acids is 1. The Kier molecular flexibility index (Phi) is 3.77. The van der Waals surface area contributed by atoms with Crippen LogP contribution in [0.3, 0.4) is 0 Å². The van der Waals surface area contributed by atoms with Gasteiger partial charge in [-0.05, 0) is 49.9 Å². The van der Waals surface area contributed by atoms with Gasteiger partial charge in [0.05, 0.1) is 0 Å². The molecule has 0 saturated heterocycles. The summed E-state index contributed by atoms with van der Waals surface area (Å²) in [5.41, 5.74) is 1.82. The molecule has 1 aromatic carbocycles. The van der Waals surface area contributed by atoms with Crippen molar-refractivity contribution in [2.75, 3.05) is 0 Å². The Labute approximate surface area is 119 Å². The molecule has 0 bridgehead atoms. The van der Waals surface area contributed by atoms with Crippen molar-refractivity contribution in [2.45, 2.75) is 45.1 Å². The molecular weight excluding hydrogens is 248 g/mol. The first kappa shape index (κ1) is 13.2. The summed E-state index contributed by atoms with van der Waals surface area (Å²) in [6.07, 6.45) is 8.36. The summed E-state index contributed by atoms with van der Waals surface area (Å²) in [6, 6.07) is 8.08. The zero-order chi connectivity index (χ0) is 13.9. The first-order chi connectivity index (χ1) is 9.74. The lowest BCUT2D eigenvalue weighted by molar-refractivity contribution is 0.0919. The Morgan fingerprint density at radius 3 is 2.85 bits per heavy atom. The molecule has 1 heterocycles. The van der Waals surface area contributed by atoms with Crippen molar-refractivity contribution in [3.05, 3.63) is 36.0 Å². The number of carbonyl (C=O) groups is 1. The van der Waals surface area contributed by atoms with Crippen LogP contribution in [0.4, 0.5) is 0 Å². The second-order valence-corrected chi connectivity index (χ2v) is 5.94. The van der Waals surface area contributed by atoms with E-state index in [9.17, 15) is 4.79 Å². The maximum Gasteiger partial charge on any atom is 0.251 e. The minimum atomic E-state index is 0.0474. The summed E-state index contributed by atoms with van der Waals surface area (Å²) in [4.78, 5) is 15.5. The van der Waals surface area contributed by atoms with Crippen LogP contribution in [0.1, 0.15) is 49.4 Å². The number of nitrogens with one attached hydrogen (secondary N) is 2. The molecule has 2 aromatic rings. The lowest BCUT2D eigenvalue weighted by Gasteiger charge is -2.28. The predicted octanol–water partition coefficient (Wildman–Crippen LogP) is 3.87. The van der Waals surface area contributed by atoms with Gasteiger partial charge in [0.2, 0.25) is 0 Å². The Morgan fingerprint density at radius 2 is 2.05 bits per heavy atom. The van der Waals surface area contributed by atoms with Crippen LogP contribution in [-0.2, 0) is 0 Å². The average molecular weight is 270 g/mol. The van der Waals surface area contributed by atoms with E-state index in [1.54, 1.807) is 0 Å². The molecule has 3 nitrogen and oxygen atoms in total. The highest BCUT2D eigenvalue weighted by molar-refractivity contribution is 5.98. The van der Waals surface area contributed by atoms with E-state index in [-0.39, 0.29) is 11.9 Å². The summed E-state index contributed by atoms with van der Waals surface area (Å²) < 4.78 is 0. The molecule has 20 heavy (non-hydrogen) atoms. The molecule has 1 saturated carbocycles. The van der Waals surface area contributed by atoms with E-state index >= 15 is 0 Å². The minimum Gasteiger partial charge on any atom is -0.361 e. The number of H-pyrrole nitrogens is 1. The molecule has 106 valence electrons. The number of rotatable bonds is 3. The second kappa shape index (κ2) is 5.70. The van der Waals surface area contributed by atoms with Crippen molar-refractivity contribution < 1.29 is 4.79 Å². The minimum absolute atomic E-state index is 0.0474. The first-order valence-electron chi connectivity index (χ1n) is 7.62. The van der Waals surface area contributed by atoms with Gasteiger partial charge in [0, 0.05) is 28.7 Å². The van der Waals surface area contributed by atoms with E-state index in [1.807, 2.05) is 30.5 Å². The lowest BCUT2D eigenvalue weighted by Crippen LogP contribution is -2.38. The molecule has 1 fully saturated rings. The fourth-order valence-electron chi connectivity index (χ4n) is 3.24. The number of hydrogen-bond donors (Lipinski definition) is 2. The molecule has 0 radical (unpaired) electrons. The van der Waals surface area contributed by atoms with E-state index in [0.717, 1.165) is 16.5 Å².